The molecule has 11 nitrogen and oxygen atoms in total. The molecular weight excluding hydrogens is 510 g/mol. The highest BCUT2D eigenvalue weighted by Crippen LogP contribution is 2.19. The molecule has 10 N–H and O–H groups in total. The molecule has 0 fully saturated rings. The van der Waals surface area contributed by atoms with E-state index >= 15 is 0 Å². The molecule has 0 spiro atoms. The molecule has 0 heterocycles. The number of aryl methyl sites for hydroxylation is 1. The minimum absolute atomic E-state index is 0.163. The lowest BCUT2D eigenvalue weighted by atomic mass is 10.2. The van der Waals surface area contributed by atoms with E-state index in [1.165, 1.54) is 27.4 Å². The minimum Gasteiger partial charge on any atom is -0.352 e. The standard InChI is InChI=1S/C10H13N3O2.2C6H6.C3H8.2C2H6N2O/c1-6-3-4-8(12-7(2)14)5-9(6)13-10(11)15;2*1-2-4-6-5-3-1;1-3-2;2*1-4-2(3)5/h3-5H,1-2H3,(H,12,14)(H3,11,13,15);2*1-6H;3H2,1-2H3;2*1H3,(H3,3,4,5). The van der Waals surface area contributed by atoms with Gasteiger partial charge in [-0.1, -0.05) is 99.1 Å². The van der Waals surface area contributed by atoms with Gasteiger partial charge < -0.3 is 38.5 Å². The highest BCUT2D eigenvalue weighted by molar-refractivity contribution is 5.92. The molecule has 3 aromatic carbocycles. The molecule has 11 heteroatoms. The number of carbonyl (C=O) groups is 4. The molecule has 7 amide bonds. The van der Waals surface area contributed by atoms with E-state index in [0.29, 0.717) is 11.4 Å². The van der Waals surface area contributed by atoms with Gasteiger partial charge in [0.05, 0.1) is 0 Å². The van der Waals surface area contributed by atoms with Crippen LogP contribution in [-0.2, 0) is 4.79 Å². The molecule has 3 rings (SSSR count). The quantitative estimate of drug-likeness (QED) is 0.239. The lowest BCUT2D eigenvalue weighted by Gasteiger charge is -2.08. The van der Waals surface area contributed by atoms with E-state index in [4.69, 9.17) is 5.73 Å². The Balaban J connectivity index is -0.000000457. The summed E-state index contributed by atoms with van der Waals surface area (Å²) in [4.78, 5) is 40.4. The number of carbonyl (C=O) groups excluding carboxylic acids is 4. The van der Waals surface area contributed by atoms with Crippen LogP contribution in [0.3, 0.4) is 0 Å². The van der Waals surface area contributed by atoms with Crippen molar-refractivity contribution in [1.82, 2.24) is 10.6 Å². The van der Waals surface area contributed by atoms with Crippen LogP contribution in [0.15, 0.2) is 91.0 Å². The van der Waals surface area contributed by atoms with Crippen molar-refractivity contribution in [3.05, 3.63) is 96.6 Å². The number of benzene rings is 3. The van der Waals surface area contributed by atoms with Gasteiger partial charge in [-0.05, 0) is 24.6 Å². The second-order valence-electron chi connectivity index (χ2n) is 7.45. The van der Waals surface area contributed by atoms with Gasteiger partial charge in [0.25, 0.3) is 0 Å². The van der Waals surface area contributed by atoms with Crippen molar-refractivity contribution < 1.29 is 19.2 Å². The smallest absolute Gasteiger partial charge is 0.316 e. The molecule has 0 aliphatic carbocycles. The van der Waals surface area contributed by atoms with Gasteiger partial charge in [0.2, 0.25) is 5.91 Å². The SMILES string of the molecule is CC(=O)Nc1ccc(C)c(NC(N)=O)c1.CCC.CNC(N)=O.CNC(N)=O.c1ccccc1.c1ccccc1. The summed E-state index contributed by atoms with van der Waals surface area (Å²) in [5.41, 5.74) is 16.2. The Bertz CT molecular complexity index is 952. The number of amides is 7. The van der Waals surface area contributed by atoms with Crippen LogP contribution in [0.2, 0.25) is 0 Å². The maximum atomic E-state index is 10.8. The Labute approximate surface area is 237 Å². The van der Waals surface area contributed by atoms with Gasteiger partial charge in [0.15, 0.2) is 0 Å². The molecule has 0 aliphatic rings. The zero-order valence-electron chi connectivity index (χ0n) is 24.2. The third-order valence-electron chi connectivity index (χ3n) is 3.64. The highest BCUT2D eigenvalue weighted by Gasteiger charge is 2.03. The van der Waals surface area contributed by atoms with Crippen LogP contribution in [0.4, 0.5) is 25.8 Å². The Hall–Kier alpha value is -5.06. The van der Waals surface area contributed by atoms with Crippen LogP contribution in [0.5, 0.6) is 0 Å². The van der Waals surface area contributed by atoms with Gasteiger partial charge in [-0.25, -0.2) is 14.4 Å². The summed E-state index contributed by atoms with van der Waals surface area (Å²) >= 11 is 0. The average molecular weight is 556 g/mol. The van der Waals surface area contributed by atoms with Crippen LogP contribution < -0.4 is 38.5 Å². The van der Waals surface area contributed by atoms with E-state index in [0.717, 1.165) is 5.56 Å². The van der Waals surface area contributed by atoms with Crippen molar-refractivity contribution in [3.8, 4) is 0 Å². The molecule has 40 heavy (non-hydrogen) atoms. The Kier molecular flexibility index (Phi) is 28.1. The summed E-state index contributed by atoms with van der Waals surface area (Å²) in [6.07, 6.45) is 1.25. The second-order valence-corrected chi connectivity index (χ2v) is 7.45. The molecule has 0 aromatic heterocycles. The van der Waals surface area contributed by atoms with E-state index < -0.39 is 18.1 Å². The first-order chi connectivity index (χ1) is 18.9. The van der Waals surface area contributed by atoms with E-state index in [1.807, 2.05) is 79.7 Å². The van der Waals surface area contributed by atoms with Crippen molar-refractivity contribution in [2.24, 2.45) is 17.2 Å². The number of nitrogens with one attached hydrogen (secondary N) is 4. The maximum absolute atomic E-state index is 10.8. The first-order valence-electron chi connectivity index (χ1n) is 12.3. The fraction of sp³-hybridized carbons (Fsp3) is 0.241. The van der Waals surface area contributed by atoms with Crippen molar-refractivity contribution >= 4 is 35.4 Å². The zero-order valence-corrected chi connectivity index (χ0v) is 24.2. The van der Waals surface area contributed by atoms with Crippen molar-refractivity contribution in [2.75, 3.05) is 24.7 Å². The highest BCUT2D eigenvalue weighted by atomic mass is 16.2. The molecule has 0 saturated heterocycles. The van der Waals surface area contributed by atoms with E-state index in [2.05, 4.69) is 46.6 Å². The van der Waals surface area contributed by atoms with Gasteiger partial charge in [-0.2, -0.15) is 0 Å². The predicted octanol–water partition coefficient (Wildman–Crippen LogP) is 4.80. The Morgan fingerprint density at radius 1 is 0.625 bits per heavy atom. The topological polar surface area (TPSA) is 194 Å². The number of nitrogens with two attached hydrogens (primary N) is 3. The largest absolute Gasteiger partial charge is 0.352 e. The number of urea groups is 3. The zero-order chi connectivity index (χ0) is 31.2. The lowest BCUT2D eigenvalue weighted by Crippen LogP contribution is -2.24. The average Bonchev–Trinajstić information content (AvgIpc) is 2.94. The third kappa shape index (κ3) is 32.9. The third-order valence-corrected chi connectivity index (χ3v) is 3.64. The molecular formula is C29H45N7O4. The van der Waals surface area contributed by atoms with E-state index in [-0.39, 0.29) is 5.91 Å². The summed E-state index contributed by atoms with van der Waals surface area (Å²) in [5.74, 6) is -0.163. The first kappa shape index (κ1) is 39.5. The predicted molar refractivity (Wildman–Crippen MR) is 165 cm³/mol. The van der Waals surface area contributed by atoms with Gasteiger partial charge in [-0.15, -0.1) is 0 Å². The van der Waals surface area contributed by atoms with Crippen molar-refractivity contribution in [2.45, 2.75) is 34.1 Å². The van der Waals surface area contributed by atoms with Gasteiger partial charge in [0.1, 0.15) is 0 Å². The normalized spacial score (nSPS) is 8.05. The number of primary amides is 3. The van der Waals surface area contributed by atoms with Gasteiger partial charge in [0, 0.05) is 32.4 Å². The second kappa shape index (κ2) is 28.5. The van der Waals surface area contributed by atoms with Gasteiger partial charge in [-0.3, -0.25) is 4.79 Å². The van der Waals surface area contributed by atoms with Crippen LogP contribution in [-0.4, -0.2) is 38.1 Å². The fourth-order valence-electron chi connectivity index (χ4n) is 1.94. The molecule has 0 unspecified atom stereocenters. The lowest BCUT2D eigenvalue weighted by molar-refractivity contribution is -0.114. The number of hydrogen-bond acceptors (Lipinski definition) is 4. The first-order valence-corrected chi connectivity index (χ1v) is 12.3. The van der Waals surface area contributed by atoms with Gasteiger partial charge >= 0.3 is 18.1 Å². The monoisotopic (exact) mass is 555 g/mol. The van der Waals surface area contributed by atoms with E-state index in [9.17, 15) is 19.2 Å². The molecule has 0 radical (unpaired) electrons. The fourth-order valence-corrected chi connectivity index (χ4v) is 1.94. The minimum atomic E-state index is -0.627. The Morgan fingerprint density at radius 3 is 1.15 bits per heavy atom. The van der Waals surface area contributed by atoms with Crippen molar-refractivity contribution in [3.63, 3.8) is 0 Å². The summed E-state index contributed by atoms with van der Waals surface area (Å²) in [7, 11) is 2.95. The summed E-state index contributed by atoms with van der Waals surface area (Å²) in [6, 6.07) is 27.6. The number of hydrogen-bond donors (Lipinski definition) is 7. The summed E-state index contributed by atoms with van der Waals surface area (Å²) in [6.45, 7) is 7.50. The molecule has 0 aliphatic heterocycles. The summed E-state index contributed by atoms with van der Waals surface area (Å²) < 4.78 is 0. The molecule has 0 atom stereocenters. The number of rotatable bonds is 2. The van der Waals surface area contributed by atoms with E-state index in [1.54, 1.807) is 18.2 Å². The van der Waals surface area contributed by atoms with Crippen LogP contribution in [0.1, 0.15) is 32.8 Å². The van der Waals surface area contributed by atoms with Crippen LogP contribution in [0, 0.1) is 6.92 Å². The summed E-state index contributed by atoms with van der Waals surface area (Å²) in [5, 5.41) is 9.42. The molecule has 3 aromatic rings. The van der Waals surface area contributed by atoms with Crippen LogP contribution >= 0.6 is 0 Å². The number of anilines is 2. The maximum Gasteiger partial charge on any atom is 0.316 e. The molecule has 0 bridgehead atoms. The van der Waals surface area contributed by atoms with Crippen LogP contribution in [0.25, 0.3) is 0 Å². The Morgan fingerprint density at radius 2 is 0.925 bits per heavy atom. The molecule has 220 valence electrons. The molecule has 0 saturated carbocycles. The van der Waals surface area contributed by atoms with Crippen molar-refractivity contribution in [1.29, 1.82) is 0 Å².